The van der Waals surface area contributed by atoms with E-state index in [4.69, 9.17) is 9.97 Å². The lowest BCUT2D eigenvalue weighted by Gasteiger charge is -2.16. The van der Waals surface area contributed by atoms with E-state index in [1.54, 1.807) is 0 Å². The van der Waals surface area contributed by atoms with Gasteiger partial charge in [0.1, 0.15) is 5.69 Å². The predicted molar refractivity (Wildman–Crippen MR) is 224 cm³/mol. The Bertz CT molecular complexity index is 3420. The Hall–Kier alpha value is -6.82. The molecule has 5 heteroatoms. The maximum Gasteiger partial charge on any atom is 0.165 e. The molecule has 4 heterocycles. The number of hydrogen-bond acceptors (Lipinski definition) is 3. The van der Waals surface area contributed by atoms with Crippen LogP contribution in [-0.4, -0.2) is 19.1 Å². The van der Waals surface area contributed by atoms with Crippen LogP contribution >= 0.6 is 11.3 Å². The van der Waals surface area contributed by atoms with Crippen molar-refractivity contribution >= 4 is 96.9 Å². The molecule has 12 rings (SSSR count). The number of fused-ring (bicyclic) bond motifs is 11. The highest BCUT2D eigenvalue weighted by atomic mass is 32.1. The smallest absolute Gasteiger partial charge is 0.165 e. The molecule has 0 aliphatic carbocycles. The van der Waals surface area contributed by atoms with E-state index < -0.39 is 0 Å². The van der Waals surface area contributed by atoms with Crippen LogP contribution in [0.25, 0.3) is 108 Å². The molecule has 12 aromatic rings. The molecular formula is C48H28N4S. The molecule has 0 radical (unpaired) electrons. The van der Waals surface area contributed by atoms with Gasteiger partial charge in [0.15, 0.2) is 5.82 Å². The molecular weight excluding hydrogens is 665 g/mol. The highest BCUT2D eigenvalue weighted by Gasteiger charge is 2.23. The molecule has 0 saturated heterocycles. The Balaban J connectivity index is 1.23. The molecule has 0 fully saturated rings. The Labute approximate surface area is 307 Å². The van der Waals surface area contributed by atoms with Gasteiger partial charge in [-0.1, -0.05) is 109 Å². The van der Waals surface area contributed by atoms with Gasteiger partial charge in [-0.25, -0.2) is 9.97 Å². The summed E-state index contributed by atoms with van der Waals surface area (Å²) in [4.78, 5) is 11.0. The van der Waals surface area contributed by atoms with Crippen LogP contribution in [0.4, 0.5) is 0 Å². The van der Waals surface area contributed by atoms with Crippen molar-refractivity contribution in [2.75, 3.05) is 0 Å². The molecule has 0 bridgehead atoms. The third-order valence-electron chi connectivity index (χ3n) is 10.9. The number of thiophene rings is 1. The first-order valence-corrected chi connectivity index (χ1v) is 18.7. The summed E-state index contributed by atoms with van der Waals surface area (Å²) in [5.41, 5.74) is 9.44. The molecule has 4 nitrogen and oxygen atoms in total. The van der Waals surface area contributed by atoms with Crippen molar-refractivity contribution in [3.05, 3.63) is 170 Å². The van der Waals surface area contributed by atoms with E-state index in [-0.39, 0.29) is 0 Å². The second-order valence-electron chi connectivity index (χ2n) is 13.8. The number of nitrogens with zero attached hydrogens (tertiary/aromatic N) is 4. The number of aromatic nitrogens is 4. The van der Waals surface area contributed by atoms with Crippen molar-refractivity contribution in [3.63, 3.8) is 0 Å². The molecule has 0 saturated carbocycles. The van der Waals surface area contributed by atoms with Crippen molar-refractivity contribution in [3.8, 4) is 22.8 Å². The lowest BCUT2D eigenvalue weighted by atomic mass is 10.0. The fraction of sp³-hybridized carbons (Fsp3) is 0. The predicted octanol–water partition coefficient (Wildman–Crippen LogP) is 13.0. The van der Waals surface area contributed by atoms with E-state index in [0.29, 0.717) is 0 Å². The van der Waals surface area contributed by atoms with Crippen LogP contribution in [0.3, 0.4) is 0 Å². The largest absolute Gasteiger partial charge is 0.309 e. The minimum absolute atomic E-state index is 0.825. The Kier molecular flexibility index (Phi) is 5.90. The SMILES string of the molecule is c1cc(-n2c3ccccc3c3ccccc32)c2cc3c(cc2c1)c1ccccc1n3-c1nc2ccccc2nc1-c1cccc2sc3ccccc3c12. The summed E-state index contributed by atoms with van der Waals surface area (Å²) in [5, 5.41) is 9.71. The lowest BCUT2D eigenvalue weighted by molar-refractivity contribution is 1.08. The van der Waals surface area contributed by atoms with Gasteiger partial charge >= 0.3 is 0 Å². The van der Waals surface area contributed by atoms with Crippen LogP contribution in [0, 0.1) is 0 Å². The average Bonchev–Trinajstić information content (AvgIpc) is 3.87. The van der Waals surface area contributed by atoms with Gasteiger partial charge in [-0.15, -0.1) is 11.3 Å². The number of benzene rings is 8. The fourth-order valence-electron chi connectivity index (χ4n) is 8.63. The zero-order chi connectivity index (χ0) is 34.6. The van der Waals surface area contributed by atoms with E-state index in [9.17, 15) is 0 Å². The van der Waals surface area contributed by atoms with Gasteiger partial charge in [0.25, 0.3) is 0 Å². The molecule has 0 amide bonds. The standard InChI is InChI=1S/C48H28N4S/c1-7-21-39-30(14-1)31-15-2-8-22-40(31)51(39)42-24-11-13-29-27-36-32-16-3-9-23-41(32)52(43(36)28-35(29)42)48-47(49-37-19-5-6-20-38(37)50-48)34-18-12-26-45-46(34)33-17-4-10-25-44(33)53-45/h1-28H. The molecule has 0 N–H and O–H groups in total. The summed E-state index contributed by atoms with van der Waals surface area (Å²) in [6.07, 6.45) is 0. The molecule has 0 aliphatic heterocycles. The second kappa shape index (κ2) is 10.8. The molecule has 0 atom stereocenters. The summed E-state index contributed by atoms with van der Waals surface area (Å²) in [6.45, 7) is 0. The summed E-state index contributed by atoms with van der Waals surface area (Å²) in [6, 6.07) is 61.1. The quantitative estimate of drug-likeness (QED) is 0.185. The first-order valence-electron chi connectivity index (χ1n) is 17.9. The third kappa shape index (κ3) is 4.05. The van der Waals surface area contributed by atoms with E-state index in [1.165, 1.54) is 63.5 Å². The van der Waals surface area contributed by atoms with E-state index in [2.05, 4.69) is 167 Å². The fourth-order valence-corrected chi connectivity index (χ4v) is 9.76. The third-order valence-corrected chi connectivity index (χ3v) is 12.0. The minimum atomic E-state index is 0.825. The summed E-state index contributed by atoms with van der Waals surface area (Å²) in [7, 11) is 0. The average molecular weight is 693 g/mol. The van der Waals surface area contributed by atoms with Crippen LogP contribution in [0.2, 0.25) is 0 Å². The van der Waals surface area contributed by atoms with Crippen molar-refractivity contribution in [1.82, 2.24) is 19.1 Å². The zero-order valence-corrected chi connectivity index (χ0v) is 29.2. The lowest BCUT2D eigenvalue weighted by Crippen LogP contribution is -2.04. The molecule has 8 aromatic carbocycles. The van der Waals surface area contributed by atoms with Crippen molar-refractivity contribution < 1.29 is 0 Å². The Morgan fingerprint density at radius 1 is 0.396 bits per heavy atom. The van der Waals surface area contributed by atoms with Gasteiger partial charge in [0.05, 0.1) is 38.8 Å². The van der Waals surface area contributed by atoms with Gasteiger partial charge in [-0.2, -0.15) is 0 Å². The van der Waals surface area contributed by atoms with E-state index in [1.807, 2.05) is 23.5 Å². The van der Waals surface area contributed by atoms with Crippen molar-refractivity contribution in [2.24, 2.45) is 0 Å². The molecule has 246 valence electrons. The van der Waals surface area contributed by atoms with E-state index in [0.717, 1.165) is 44.8 Å². The summed E-state index contributed by atoms with van der Waals surface area (Å²) >= 11 is 1.83. The molecule has 0 spiro atoms. The van der Waals surface area contributed by atoms with Gasteiger partial charge < -0.3 is 4.57 Å². The highest BCUT2D eigenvalue weighted by molar-refractivity contribution is 7.25. The summed E-state index contributed by atoms with van der Waals surface area (Å²) in [5.74, 6) is 0.825. The van der Waals surface area contributed by atoms with Crippen molar-refractivity contribution in [1.29, 1.82) is 0 Å². The molecule has 53 heavy (non-hydrogen) atoms. The van der Waals surface area contributed by atoms with Gasteiger partial charge in [0, 0.05) is 52.7 Å². The van der Waals surface area contributed by atoms with Crippen molar-refractivity contribution in [2.45, 2.75) is 0 Å². The Morgan fingerprint density at radius 3 is 1.74 bits per heavy atom. The van der Waals surface area contributed by atoms with Crippen LogP contribution in [0.5, 0.6) is 0 Å². The van der Waals surface area contributed by atoms with Gasteiger partial charge in [-0.05, 0) is 66.0 Å². The van der Waals surface area contributed by atoms with Crippen LogP contribution < -0.4 is 0 Å². The second-order valence-corrected chi connectivity index (χ2v) is 14.8. The van der Waals surface area contributed by atoms with E-state index >= 15 is 0 Å². The maximum absolute atomic E-state index is 5.50. The number of hydrogen-bond donors (Lipinski definition) is 0. The molecule has 0 unspecified atom stereocenters. The first kappa shape index (κ1) is 28.8. The zero-order valence-electron chi connectivity index (χ0n) is 28.4. The monoisotopic (exact) mass is 692 g/mol. The van der Waals surface area contributed by atoms with Gasteiger partial charge in [0.2, 0.25) is 0 Å². The van der Waals surface area contributed by atoms with Crippen LogP contribution in [0.1, 0.15) is 0 Å². The normalized spacial score (nSPS) is 12.2. The highest BCUT2D eigenvalue weighted by Crippen LogP contribution is 2.44. The number of para-hydroxylation sites is 5. The molecule has 4 aromatic heterocycles. The summed E-state index contributed by atoms with van der Waals surface area (Å²) < 4.78 is 7.30. The van der Waals surface area contributed by atoms with Gasteiger partial charge in [-0.3, -0.25) is 4.57 Å². The molecule has 0 aliphatic rings. The maximum atomic E-state index is 5.50. The van der Waals surface area contributed by atoms with Crippen LogP contribution in [0.15, 0.2) is 170 Å². The Morgan fingerprint density at radius 2 is 0.981 bits per heavy atom. The minimum Gasteiger partial charge on any atom is -0.309 e. The first-order chi connectivity index (χ1) is 26.3. The topological polar surface area (TPSA) is 35.6 Å². The van der Waals surface area contributed by atoms with Crippen LogP contribution in [-0.2, 0) is 0 Å². The number of rotatable bonds is 3.